The van der Waals surface area contributed by atoms with E-state index in [0.29, 0.717) is 6.61 Å². The highest BCUT2D eigenvalue weighted by atomic mass is 19.1. The highest BCUT2D eigenvalue weighted by Gasteiger charge is 2.51. The van der Waals surface area contributed by atoms with E-state index in [2.05, 4.69) is 4.74 Å². The molecule has 4 heteroatoms. The van der Waals surface area contributed by atoms with Crippen LogP contribution < -0.4 is 0 Å². The van der Waals surface area contributed by atoms with E-state index in [1.807, 2.05) is 0 Å². The lowest BCUT2D eigenvalue weighted by atomic mass is 9.50. The van der Waals surface area contributed by atoms with Gasteiger partial charge in [0.2, 0.25) is 0 Å². The molecule has 0 saturated heterocycles. The van der Waals surface area contributed by atoms with Crippen LogP contribution in [-0.2, 0) is 9.47 Å². The molecule has 4 fully saturated rings. The van der Waals surface area contributed by atoms with Crippen molar-refractivity contribution in [2.45, 2.75) is 38.5 Å². The van der Waals surface area contributed by atoms with E-state index in [1.165, 1.54) is 38.5 Å². The Hall–Kier alpha value is -0.800. The van der Waals surface area contributed by atoms with Gasteiger partial charge in [-0.3, -0.25) is 0 Å². The summed E-state index contributed by atoms with van der Waals surface area (Å²) in [7, 11) is 0. The van der Waals surface area contributed by atoms with Crippen LogP contribution in [0.25, 0.3) is 0 Å². The van der Waals surface area contributed by atoms with Crippen molar-refractivity contribution in [2.75, 3.05) is 19.9 Å². The van der Waals surface area contributed by atoms with Gasteiger partial charge in [-0.2, -0.15) is 0 Å². The number of rotatable bonds is 4. The summed E-state index contributed by atoms with van der Waals surface area (Å²) in [5.74, 6) is 2.55. The Labute approximate surface area is 107 Å². The SMILES string of the molecule is O=C(OCCF)OCC12CC3CC(CC(C3)C1)C2. The molecule has 0 radical (unpaired) electrons. The van der Waals surface area contributed by atoms with Crippen molar-refractivity contribution in [2.24, 2.45) is 23.2 Å². The quantitative estimate of drug-likeness (QED) is 0.724. The van der Waals surface area contributed by atoms with Gasteiger partial charge in [-0.05, 0) is 56.3 Å². The molecule has 0 aliphatic heterocycles. The van der Waals surface area contributed by atoms with Crippen LogP contribution in [-0.4, -0.2) is 26.0 Å². The minimum atomic E-state index is -0.705. The van der Waals surface area contributed by atoms with E-state index in [1.54, 1.807) is 0 Å². The molecule has 0 amide bonds. The lowest BCUT2D eigenvalue weighted by molar-refractivity contribution is -0.0900. The highest BCUT2D eigenvalue weighted by molar-refractivity contribution is 5.59. The van der Waals surface area contributed by atoms with E-state index in [4.69, 9.17) is 4.74 Å². The van der Waals surface area contributed by atoms with Gasteiger partial charge in [-0.15, -0.1) is 0 Å². The zero-order chi connectivity index (χ0) is 12.6. The van der Waals surface area contributed by atoms with Crippen LogP contribution in [0.15, 0.2) is 0 Å². The van der Waals surface area contributed by atoms with Gasteiger partial charge in [0.15, 0.2) is 0 Å². The molecule has 4 saturated carbocycles. The molecule has 0 heterocycles. The van der Waals surface area contributed by atoms with Crippen molar-refractivity contribution in [1.29, 1.82) is 0 Å². The monoisotopic (exact) mass is 256 g/mol. The summed E-state index contributed by atoms with van der Waals surface area (Å²) in [5, 5.41) is 0. The average Bonchev–Trinajstić information content (AvgIpc) is 2.32. The standard InChI is InChI=1S/C14H21FO3/c15-1-2-17-13(16)18-9-14-6-10-3-11(7-14)5-12(4-10)8-14/h10-12H,1-9H2. The molecule has 0 aromatic rings. The third kappa shape index (κ3) is 2.34. The summed E-state index contributed by atoms with van der Waals surface area (Å²) < 4.78 is 21.7. The molecule has 4 bridgehead atoms. The van der Waals surface area contributed by atoms with E-state index in [0.717, 1.165) is 17.8 Å². The fourth-order valence-corrected chi connectivity index (χ4v) is 4.84. The maximum absolute atomic E-state index is 11.9. The van der Waals surface area contributed by atoms with Crippen molar-refractivity contribution in [1.82, 2.24) is 0 Å². The third-order valence-electron chi connectivity index (χ3n) is 4.96. The first kappa shape index (κ1) is 12.2. The molecule has 4 aliphatic rings. The normalized spacial score (nSPS) is 40.8. The maximum Gasteiger partial charge on any atom is 0.508 e. The first-order valence-corrected chi connectivity index (χ1v) is 7.05. The van der Waals surface area contributed by atoms with Crippen LogP contribution in [0.5, 0.6) is 0 Å². The van der Waals surface area contributed by atoms with Crippen LogP contribution >= 0.6 is 0 Å². The van der Waals surface area contributed by atoms with Gasteiger partial charge in [0, 0.05) is 5.41 Å². The predicted octanol–water partition coefficient (Wildman–Crippen LogP) is 3.33. The summed E-state index contributed by atoms with van der Waals surface area (Å²) >= 11 is 0. The molecule has 0 atom stereocenters. The minimum absolute atomic E-state index is 0.195. The second-order valence-electron chi connectivity index (χ2n) is 6.49. The predicted molar refractivity (Wildman–Crippen MR) is 63.9 cm³/mol. The Morgan fingerprint density at radius 2 is 1.61 bits per heavy atom. The molecule has 3 nitrogen and oxygen atoms in total. The van der Waals surface area contributed by atoms with Crippen LogP contribution in [0, 0.1) is 23.2 Å². The van der Waals surface area contributed by atoms with Crippen molar-refractivity contribution < 1.29 is 18.7 Å². The summed E-state index contributed by atoms with van der Waals surface area (Å²) in [5.41, 5.74) is 0.212. The Morgan fingerprint density at radius 1 is 1.06 bits per heavy atom. The molecular formula is C14H21FO3. The van der Waals surface area contributed by atoms with Crippen LogP contribution in [0.1, 0.15) is 38.5 Å². The molecule has 102 valence electrons. The summed E-state index contributed by atoms with van der Waals surface area (Å²) in [6, 6.07) is 0. The molecule has 4 aliphatic carbocycles. The summed E-state index contributed by atoms with van der Waals surface area (Å²) in [4.78, 5) is 11.3. The molecule has 0 aromatic carbocycles. The molecule has 0 unspecified atom stereocenters. The van der Waals surface area contributed by atoms with E-state index >= 15 is 0 Å². The molecular weight excluding hydrogens is 235 g/mol. The Kier molecular flexibility index (Phi) is 3.20. The molecule has 18 heavy (non-hydrogen) atoms. The molecule has 4 rings (SSSR count). The Balaban J connectivity index is 1.54. The number of carbonyl (C=O) groups is 1. The lowest BCUT2D eigenvalue weighted by Crippen LogP contribution is -2.48. The topological polar surface area (TPSA) is 35.5 Å². The van der Waals surface area contributed by atoms with Crippen molar-refractivity contribution in [3.8, 4) is 0 Å². The van der Waals surface area contributed by atoms with E-state index in [9.17, 15) is 9.18 Å². The van der Waals surface area contributed by atoms with Crippen LogP contribution in [0.2, 0.25) is 0 Å². The van der Waals surface area contributed by atoms with E-state index < -0.39 is 12.8 Å². The van der Waals surface area contributed by atoms with Crippen molar-refractivity contribution in [3.63, 3.8) is 0 Å². The minimum Gasteiger partial charge on any atom is -0.434 e. The summed E-state index contributed by atoms with van der Waals surface area (Å²) in [6.45, 7) is -0.367. The first-order chi connectivity index (χ1) is 8.69. The third-order valence-corrected chi connectivity index (χ3v) is 4.96. The fraction of sp³-hybridized carbons (Fsp3) is 0.929. The van der Waals surface area contributed by atoms with Gasteiger partial charge in [0.1, 0.15) is 19.9 Å². The summed E-state index contributed by atoms with van der Waals surface area (Å²) in [6.07, 6.45) is 7.05. The van der Waals surface area contributed by atoms with Gasteiger partial charge in [0.25, 0.3) is 0 Å². The Bertz CT molecular complexity index is 294. The number of carbonyl (C=O) groups excluding carboxylic acids is 1. The largest absolute Gasteiger partial charge is 0.508 e. The number of alkyl halides is 1. The second kappa shape index (κ2) is 4.71. The fourth-order valence-electron chi connectivity index (χ4n) is 4.84. The zero-order valence-corrected chi connectivity index (χ0v) is 10.7. The molecule has 0 N–H and O–H groups in total. The lowest BCUT2D eigenvalue weighted by Gasteiger charge is -2.56. The Morgan fingerprint density at radius 3 is 2.11 bits per heavy atom. The van der Waals surface area contributed by atoms with Crippen LogP contribution in [0.3, 0.4) is 0 Å². The van der Waals surface area contributed by atoms with E-state index in [-0.39, 0.29) is 12.0 Å². The highest BCUT2D eigenvalue weighted by Crippen LogP contribution is 2.60. The van der Waals surface area contributed by atoms with Crippen molar-refractivity contribution in [3.05, 3.63) is 0 Å². The molecule has 0 aromatic heterocycles. The zero-order valence-electron chi connectivity index (χ0n) is 10.7. The van der Waals surface area contributed by atoms with Gasteiger partial charge < -0.3 is 9.47 Å². The van der Waals surface area contributed by atoms with Gasteiger partial charge in [-0.1, -0.05) is 0 Å². The van der Waals surface area contributed by atoms with Gasteiger partial charge in [-0.25, -0.2) is 9.18 Å². The second-order valence-corrected chi connectivity index (χ2v) is 6.49. The van der Waals surface area contributed by atoms with Gasteiger partial charge in [0.05, 0.1) is 0 Å². The van der Waals surface area contributed by atoms with Gasteiger partial charge >= 0.3 is 6.16 Å². The number of hydrogen-bond acceptors (Lipinski definition) is 3. The number of halogens is 1. The number of hydrogen-bond donors (Lipinski definition) is 0. The smallest absolute Gasteiger partial charge is 0.434 e. The molecule has 0 spiro atoms. The number of ether oxygens (including phenoxy) is 2. The van der Waals surface area contributed by atoms with Crippen molar-refractivity contribution >= 4 is 6.16 Å². The maximum atomic E-state index is 11.9. The average molecular weight is 256 g/mol. The van der Waals surface area contributed by atoms with Crippen LogP contribution in [0.4, 0.5) is 9.18 Å². The first-order valence-electron chi connectivity index (χ1n) is 7.05.